The quantitative estimate of drug-likeness (QED) is 0.101. The zero-order chi connectivity index (χ0) is 58.1. The molecule has 0 heterocycles. The molecule has 0 aromatic carbocycles. The Kier molecular flexibility index (Phi) is 18.3. The summed E-state index contributed by atoms with van der Waals surface area (Å²) < 4.78 is 0. The number of allylic oxidation sites excluding steroid dienone is 6. The maximum absolute atomic E-state index is 15.6. The van der Waals surface area contributed by atoms with Gasteiger partial charge in [0.25, 0.3) is 0 Å². The highest BCUT2D eigenvalue weighted by Crippen LogP contribution is 2.62. The second kappa shape index (κ2) is 20.7. The van der Waals surface area contributed by atoms with Gasteiger partial charge in [0.05, 0.1) is 54.2 Å². The zero-order valence-electron chi connectivity index (χ0n) is 50.6. The second-order valence-corrected chi connectivity index (χ2v) is 31.3. The molecule has 4 aliphatic carbocycles. The molecule has 0 spiro atoms. The van der Waals surface area contributed by atoms with Crippen LogP contribution < -0.4 is 0 Å². The number of carbonyl (C=O) groups is 1. The van der Waals surface area contributed by atoms with Crippen LogP contribution in [0.15, 0.2) is 95.2 Å². The Hall–Kier alpha value is -2.93. The van der Waals surface area contributed by atoms with Gasteiger partial charge in [0.2, 0.25) is 0 Å². The second-order valence-electron chi connectivity index (χ2n) is 31.3. The minimum atomic E-state index is -1.87. The molecule has 4 rings (SSSR count). The average molecular weight is 1040 g/mol. The molecule has 9 N–H and O–H groups in total. The summed E-state index contributed by atoms with van der Waals surface area (Å²) in [6, 6.07) is 0. The van der Waals surface area contributed by atoms with Gasteiger partial charge in [-0.25, -0.2) is 0 Å². The molecule has 0 bridgehead atoms. The molecule has 74 heavy (non-hydrogen) atoms. The summed E-state index contributed by atoms with van der Waals surface area (Å²) in [6.45, 7) is 48.1. The van der Waals surface area contributed by atoms with Crippen LogP contribution >= 0.6 is 0 Å². The predicted molar refractivity (Wildman–Crippen MR) is 303 cm³/mol. The van der Waals surface area contributed by atoms with E-state index < -0.39 is 139 Å². The van der Waals surface area contributed by atoms with Gasteiger partial charge in [-0.2, -0.15) is 0 Å². The number of carboxylic acid groups (broad SMARTS) is 1. The molecule has 10 nitrogen and oxygen atoms in total. The fraction of sp³-hybridized carbons (Fsp3) is 0.734. The van der Waals surface area contributed by atoms with Crippen molar-refractivity contribution in [2.24, 2.45) is 83.7 Å². The highest BCUT2D eigenvalue weighted by Gasteiger charge is 2.62. The lowest BCUT2D eigenvalue weighted by molar-refractivity contribution is -0.146. The molecule has 0 saturated heterocycles. The lowest BCUT2D eigenvalue weighted by Gasteiger charge is -2.55. The molecule has 0 fully saturated rings. The fourth-order valence-corrected chi connectivity index (χ4v) is 12.0. The van der Waals surface area contributed by atoms with E-state index in [1.54, 1.807) is 0 Å². The fourth-order valence-electron chi connectivity index (χ4n) is 12.0. The molecule has 10 heteroatoms. The van der Waals surface area contributed by atoms with E-state index in [0.29, 0.717) is 11.1 Å². The third kappa shape index (κ3) is 11.7. The summed E-state index contributed by atoms with van der Waals surface area (Å²) in [5.74, 6) is -3.90. The molecule has 0 aliphatic heterocycles. The molecule has 8 atom stereocenters. The van der Waals surface area contributed by atoms with Gasteiger partial charge in [0, 0.05) is 29.6 Å². The minimum absolute atomic E-state index is 0.406. The van der Waals surface area contributed by atoms with Crippen LogP contribution in [0.1, 0.15) is 166 Å². The topological polar surface area (TPSA) is 199 Å². The van der Waals surface area contributed by atoms with E-state index in [0.717, 1.165) is 11.1 Å². The Morgan fingerprint density at radius 3 is 0.797 bits per heavy atom. The molecule has 0 aromatic heterocycles. The van der Waals surface area contributed by atoms with E-state index in [1.807, 2.05) is 144 Å². The van der Waals surface area contributed by atoms with Gasteiger partial charge in [-0.05, 0) is 65.6 Å². The van der Waals surface area contributed by atoms with E-state index in [4.69, 9.17) is 20.4 Å². The van der Waals surface area contributed by atoms with Crippen LogP contribution in [0, 0.1) is 83.7 Å². The molecule has 8 unspecified atom stereocenters. The smallest absolute Gasteiger partial charge is 0.319 e. The van der Waals surface area contributed by atoms with Gasteiger partial charge < -0.3 is 46.0 Å². The molecule has 4 aliphatic rings. The van der Waals surface area contributed by atoms with Crippen molar-refractivity contribution in [3.63, 3.8) is 0 Å². The maximum Gasteiger partial charge on any atom is 0.319 e. The van der Waals surface area contributed by atoms with Crippen LogP contribution in [-0.2, 0) is 4.79 Å². The van der Waals surface area contributed by atoms with Crippen molar-refractivity contribution in [1.82, 2.24) is 0 Å². The Balaban J connectivity index is 0.00000146. The number of carboxylic acids is 1. The third-order valence-electron chi connectivity index (χ3n) is 17.6. The van der Waals surface area contributed by atoms with Gasteiger partial charge in [-0.3, -0.25) is 4.79 Å². The SMILES string of the molecule is CC(C)(C)C1C=C(C(C2=CC(C(C)(C)C)C(O)(C(C)(C)C)C=C2)C(C(=O)O)(C2=CC(C(C)(C)C)C(O)(C(C)(C)C)C=C2)C2=CC(C(C)(C)C)C(O)(C(C)(C)C)C=C2)C=CC1(O)C(C)(C)C.OCC(CO)(CO)CO. The van der Waals surface area contributed by atoms with E-state index in [2.05, 4.69) is 95.2 Å². The lowest BCUT2D eigenvalue weighted by atomic mass is 9.50. The van der Waals surface area contributed by atoms with Gasteiger partial charge in [0.1, 0.15) is 5.41 Å². The Morgan fingerprint density at radius 2 is 0.622 bits per heavy atom. The monoisotopic (exact) mass is 1030 g/mol. The number of hydrogen-bond acceptors (Lipinski definition) is 9. The van der Waals surface area contributed by atoms with Gasteiger partial charge in [-0.15, -0.1) is 0 Å². The van der Waals surface area contributed by atoms with E-state index >= 15 is 4.79 Å². The van der Waals surface area contributed by atoms with Crippen molar-refractivity contribution < 1.29 is 50.8 Å². The van der Waals surface area contributed by atoms with Gasteiger partial charge in [-0.1, -0.05) is 239 Å². The number of aliphatic hydroxyl groups excluding tert-OH is 4. The van der Waals surface area contributed by atoms with Crippen LogP contribution in [0.3, 0.4) is 0 Å². The summed E-state index contributed by atoms with van der Waals surface area (Å²) in [6.07, 6.45) is 23.5. The first-order valence-corrected chi connectivity index (χ1v) is 27.1. The van der Waals surface area contributed by atoms with Crippen molar-refractivity contribution in [3.05, 3.63) is 95.2 Å². The highest BCUT2D eigenvalue weighted by molar-refractivity contribution is 5.88. The molecule has 0 saturated carbocycles. The predicted octanol–water partition coefficient (Wildman–Crippen LogP) is 11.4. The lowest BCUT2D eigenvalue weighted by Crippen LogP contribution is -2.56. The van der Waals surface area contributed by atoms with E-state index in [1.165, 1.54) is 0 Å². The Bertz CT molecular complexity index is 2120. The van der Waals surface area contributed by atoms with Crippen molar-refractivity contribution in [1.29, 1.82) is 0 Å². The largest absolute Gasteiger partial charge is 0.480 e. The maximum atomic E-state index is 15.6. The Morgan fingerprint density at radius 1 is 0.405 bits per heavy atom. The standard InChI is InChI=1S/C59H94O6.C5H12O4/c1-47(2,3)41-33-37(25-29-55(41,62)51(13,14)15)45(38-26-30-56(63,52(16,17)18)42(34-38)48(4,5)6)59(46(60)61,39-27-31-57(64,53(19,20)21)43(35-39)49(7,8)9)40-28-32-58(65,54(22,23)24)44(36-40)50(10,11)12;6-1-5(2-7,3-8)4-9/h25-36,41-45,62-65H,1-24H3,(H,60,61);6-9H,1-4H2. The van der Waals surface area contributed by atoms with Gasteiger partial charge in [0.15, 0.2) is 0 Å². The normalized spacial score (nSPS) is 30.9. The number of rotatable bonds is 10. The first-order chi connectivity index (χ1) is 32.8. The molecule has 0 radical (unpaired) electrons. The first-order valence-electron chi connectivity index (χ1n) is 27.1. The Labute approximate surface area is 449 Å². The minimum Gasteiger partial charge on any atom is -0.480 e. The van der Waals surface area contributed by atoms with E-state index in [-0.39, 0.29) is 0 Å². The summed E-state index contributed by atoms with van der Waals surface area (Å²) in [7, 11) is 0. The zero-order valence-corrected chi connectivity index (χ0v) is 50.6. The van der Waals surface area contributed by atoms with Crippen molar-refractivity contribution >= 4 is 5.97 Å². The number of hydrogen-bond donors (Lipinski definition) is 9. The average Bonchev–Trinajstić information content (AvgIpc) is 3.22. The van der Waals surface area contributed by atoms with Crippen LogP contribution in [0.25, 0.3) is 0 Å². The summed E-state index contributed by atoms with van der Waals surface area (Å²) in [5, 5.41) is 98.1. The molecule has 422 valence electrons. The van der Waals surface area contributed by atoms with Crippen LogP contribution in [0.5, 0.6) is 0 Å². The molecule has 0 aromatic rings. The van der Waals surface area contributed by atoms with Crippen molar-refractivity contribution in [2.45, 2.75) is 189 Å². The first kappa shape index (κ1) is 65.4. The van der Waals surface area contributed by atoms with Crippen LogP contribution in [0.2, 0.25) is 0 Å². The third-order valence-corrected chi connectivity index (χ3v) is 17.6. The van der Waals surface area contributed by atoms with E-state index in [9.17, 15) is 25.5 Å². The number of aliphatic carboxylic acids is 1. The van der Waals surface area contributed by atoms with Crippen molar-refractivity contribution in [2.75, 3.05) is 26.4 Å². The molecular weight excluding hydrogens is 929 g/mol. The molecular formula is C64H106O10. The number of aliphatic hydroxyl groups is 8. The highest BCUT2D eigenvalue weighted by atomic mass is 16.4. The molecule has 0 amide bonds. The van der Waals surface area contributed by atoms with Crippen LogP contribution in [-0.4, -0.2) is 101 Å². The summed E-state index contributed by atoms with van der Waals surface area (Å²) in [4.78, 5) is 15.6. The van der Waals surface area contributed by atoms with Gasteiger partial charge >= 0.3 is 5.97 Å². The van der Waals surface area contributed by atoms with Crippen LogP contribution in [0.4, 0.5) is 0 Å². The summed E-state index contributed by atoms with van der Waals surface area (Å²) in [5.41, 5.74) is -9.98. The van der Waals surface area contributed by atoms with Crippen molar-refractivity contribution in [3.8, 4) is 0 Å². The summed E-state index contributed by atoms with van der Waals surface area (Å²) >= 11 is 0.